The van der Waals surface area contributed by atoms with Crippen LogP contribution in [0.5, 0.6) is 5.75 Å². The normalized spacial score (nSPS) is 14.6. The topological polar surface area (TPSA) is 58.6 Å². The summed E-state index contributed by atoms with van der Waals surface area (Å²) in [4.78, 5) is 4.20. The highest BCUT2D eigenvalue weighted by Gasteiger charge is 2.03. The molecule has 0 saturated heterocycles. The second-order valence-corrected chi connectivity index (χ2v) is 2.95. The van der Waals surface area contributed by atoms with Gasteiger partial charge < -0.3 is 10.8 Å². The Kier molecular flexibility index (Phi) is 1.77. The van der Waals surface area contributed by atoms with Gasteiger partial charge in [-0.2, -0.15) is 0 Å². The number of aromatic hydroxyl groups is 1. The van der Waals surface area contributed by atoms with E-state index in [1.807, 2.05) is 12.2 Å². The quantitative estimate of drug-likeness (QED) is 0.630. The predicted octanol–water partition coefficient (Wildman–Crippen LogP) is 1.80. The van der Waals surface area contributed by atoms with Crippen molar-refractivity contribution in [2.24, 2.45) is 10.7 Å². The molecular formula is C10H10N2O. The lowest BCUT2D eigenvalue weighted by Crippen LogP contribution is -2.08. The summed E-state index contributed by atoms with van der Waals surface area (Å²) < 4.78 is 0. The number of nitrogens with two attached hydrogens (primary N) is 1. The van der Waals surface area contributed by atoms with Crippen LogP contribution in [0.25, 0.3) is 6.08 Å². The minimum Gasteiger partial charge on any atom is -0.508 e. The summed E-state index contributed by atoms with van der Waals surface area (Å²) in [5, 5.41) is 9.23. The fraction of sp³-hybridized carbons (Fsp3) is 0.100. The van der Waals surface area contributed by atoms with Crippen molar-refractivity contribution in [1.29, 1.82) is 0 Å². The molecular weight excluding hydrogens is 164 g/mol. The molecule has 1 aromatic carbocycles. The summed E-state index contributed by atoms with van der Waals surface area (Å²) in [7, 11) is 0. The van der Waals surface area contributed by atoms with Crippen molar-refractivity contribution in [3.8, 4) is 5.75 Å². The molecule has 0 atom stereocenters. The maximum absolute atomic E-state index is 9.23. The van der Waals surface area contributed by atoms with Crippen molar-refractivity contribution < 1.29 is 5.11 Å². The number of hydrogen-bond donors (Lipinski definition) is 2. The first-order valence-corrected chi connectivity index (χ1v) is 4.08. The van der Waals surface area contributed by atoms with Gasteiger partial charge in [0.2, 0.25) is 0 Å². The molecule has 0 bridgehead atoms. The lowest BCUT2D eigenvalue weighted by molar-refractivity contribution is 0.475. The van der Waals surface area contributed by atoms with Crippen LogP contribution >= 0.6 is 0 Å². The number of phenolic OH excluding ortho intramolecular Hbond substituents is 1. The fourth-order valence-electron chi connectivity index (χ4n) is 1.28. The third kappa shape index (κ3) is 1.54. The van der Waals surface area contributed by atoms with Crippen LogP contribution in [0.1, 0.15) is 12.0 Å². The number of amidine groups is 1. The Bertz CT molecular complexity index is 394. The summed E-state index contributed by atoms with van der Waals surface area (Å²) in [6, 6.07) is 5.04. The molecule has 0 spiro atoms. The number of hydrogen-bond acceptors (Lipinski definition) is 3. The molecule has 1 heterocycles. The number of nitrogens with zero attached hydrogens (tertiary/aromatic N) is 1. The van der Waals surface area contributed by atoms with Crippen molar-refractivity contribution in [2.75, 3.05) is 0 Å². The summed E-state index contributed by atoms with van der Waals surface area (Å²) >= 11 is 0. The Morgan fingerprint density at radius 3 is 3.08 bits per heavy atom. The van der Waals surface area contributed by atoms with Crippen molar-refractivity contribution in [3.63, 3.8) is 0 Å². The van der Waals surface area contributed by atoms with E-state index in [2.05, 4.69) is 4.99 Å². The van der Waals surface area contributed by atoms with Crippen LogP contribution in [0.3, 0.4) is 0 Å². The van der Waals surface area contributed by atoms with Crippen LogP contribution in [-0.2, 0) is 0 Å². The molecule has 13 heavy (non-hydrogen) atoms. The molecule has 3 heteroatoms. The highest BCUT2D eigenvalue weighted by molar-refractivity contribution is 5.88. The van der Waals surface area contributed by atoms with E-state index in [1.165, 1.54) is 0 Å². The van der Waals surface area contributed by atoms with Gasteiger partial charge >= 0.3 is 0 Å². The van der Waals surface area contributed by atoms with Gasteiger partial charge in [0.05, 0.1) is 5.69 Å². The zero-order valence-corrected chi connectivity index (χ0v) is 7.07. The minimum atomic E-state index is 0.249. The summed E-state index contributed by atoms with van der Waals surface area (Å²) in [5.74, 6) is 0.847. The zero-order valence-electron chi connectivity index (χ0n) is 7.07. The number of fused-ring (bicyclic) bond motifs is 1. The molecule has 0 amide bonds. The lowest BCUT2D eigenvalue weighted by Gasteiger charge is -2.00. The molecule has 1 aliphatic heterocycles. The Balaban J connectivity index is 2.58. The molecule has 0 aromatic heterocycles. The van der Waals surface area contributed by atoms with Crippen molar-refractivity contribution in [3.05, 3.63) is 29.8 Å². The molecule has 0 aliphatic carbocycles. The SMILES string of the molecule is NC1=Nc2ccc(O)cc2C=CC1. The van der Waals surface area contributed by atoms with Gasteiger partial charge in [0.1, 0.15) is 11.6 Å². The van der Waals surface area contributed by atoms with E-state index >= 15 is 0 Å². The lowest BCUT2D eigenvalue weighted by atomic mass is 10.1. The van der Waals surface area contributed by atoms with Gasteiger partial charge in [-0.3, -0.25) is 0 Å². The van der Waals surface area contributed by atoms with Crippen molar-refractivity contribution >= 4 is 17.6 Å². The zero-order chi connectivity index (χ0) is 9.26. The number of benzene rings is 1. The molecule has 3 nitrogen and oxygen atoms in total. The summed E-state index contributed by atoms with van der Waals surface area (Å²) in [5.41, 5.74) is 7.34. The largest absolute Gasteiger partial charge is 0.508 e. The summed E-state index contributed by atoms with van der Waals surface area (Å²) in [6.45, 7) is 0. The Morgan fingerprint density at radius 2 is 2.23 bits per heavy atom. The third-order valence-corrected chi connectivity index (χ3v) is 1.90. The Morgan fingerprint density at radius 1 is 1.38 bits per heavy atom. The van der Waals surface area contributed by atoms with Gasteiger partial charge in [-0.15, -0.1) is 0 Å². The minimum absolute atomic E-state index is 0.249. The van der Waals surface area contributed by atoms with E-state index in [0.29, 0.717) is 12.3 Å². The van der Waals surface area contributed by atoms with Gasteiger partial charge in [0.25, 0.3) is 0 Å². The molecule has 0 radical (unpaired) electrons. The number of aliphatic imine (C=N–C) groups is 1. The monoisotopic (exact) mass is 174 g/mol. The van der Waals surface area contributed by atoms with Crippen molar-refractivity contribution in [1.82, 2.24) is 0 Å². The first-order valence-electron chi connectivity index (χ1n) is 4.08. The van der Waals surface area contributed by atoms with E-state index in [9.17, 15) is 5.11 Å². The van der Waals surface area contributed by atoms with E-state index < -0.39 is 0 Å². The molecule has 2 rings (SSSR count). The van der Waals surface area contributed by atoms with E-state index in [4.69, 9.17) is 5.73 Å². The van der Waals surface area contributed by atoms with Gasteiger partial charge in [-0.25, -0.2) is 4.99 Å². The average molecular weight is 174 g/mol. The summed E-state index contributed by atoms with van der Waals surface area (Å²) in [6.07, 6.45) is 4.51. The van der Waals surface area contributed by atoms with Crippen LogP contribution in [0.15, 0.2) is 29.3 Å². The van der Waals surface area contributed by atoms with Crippen LogP contribution < -0.4 is 5.73 Å². The second kappa shape index (κ2) is 2.94. The van der Waals surface area contributed by atoms with Gasteiger partial charge in [-0.05, 0) is 18.2 Å². The first kappa shape index (κ1) is 7.86. The fourth-order valence-corrected chi connectivity index (χ4v) is 1.28. The van der Waals surface area contributed by atoms with Crippen LogP contribution in [0, 0.1) is 0 Å². The van der Waals surface area contributed by atoms with E-state index in [0.717, 1.165) is 11.3 Å². The van der Waals surface area contributed by atoms with Gasteiger partial charge in [0.15, 0.2) is 0 Å². The van der Waals surface area contributed by atoms with E-state index in [-0.39, 0.29) is 5.75 Å². The van der Waals surface area contributed by atoms with E-state index in [1.54, 1.807) is 18.2 Å². The maximum atomic E-state index is 9.23. The molecule has 0 unspecified atom stereocenters. The highest BCUT2D eigenvalue weighted by atomic mass is 16.3. The van der Waals surface area contributed by atoms with Gasteiger partial charge in [-0.1, -0.05) is 12.2 Å². The maximum Gasteiger partial charge on any atom is 0.116 e. The Hall–Kier alpha value is -1.77. The standard InChI is InChI=1S/C10H10N2O/c11-10-3-1-2-7-6-8(13)4-5-9(7)12-10/h1-2,4-6,13H,3H2,(H2,11,12). The molecule has 0 saturated carbocycles. The second-order valence-electron chi connectivity index (χ2n) is 2.95. The molecule has 66 valence electrons. The molecule has 1 aromatic rings. The number of rotatable bonds is 0. The molecule has 1 aliphatic rings. The van der Waals surface area contributed by atoms with Crippen LogP contribution in [0.2, 0.25) is 0 Å². The first-order chi connectivity index (χ1) is 6.25. The van der Waals surface area contributed by atoms with Crippen LogP contribution in [-0.4, -0.2) is 10.9 Å². The smallest absolute Gasteiger partial charge is 0.116 e. The number of phenols is 1. The van der Waals surface area contributed by atoms with Gasteiger partial charge in [0, 0.05) is 12.0 Å². The van der Waals surface area contributed by atoms with Crippen molar-refractivity contribution in [2.45, 2.75) is 6.42 Å². The predicted molar refractivity (Wildman–Crippen MR) is 53.0 cm³/mol. The Labute approximate surface area is 76.2 Å². The molecule has 3 N–H and O–H groups in total. The third-order valence-electron chi connectivity index (χ3n) is 1.90. The van der Waals surface area contributed by atoms with Crippen LogP contribution in [0.4, 0.5) is 5.69 Å². The highest BCUT2D eigenvalue weighted by Crippen LogP contribution is 2.26. The molecule has 0 fully saturated rings. The average Bonchev–Trinajstić information content (AvgIpc) is 2.25.